The van der Waals surface area contributed by atoms with Gasteiger partial charge >= 0.3 is 5.97 Å². The Hall–Kier alpha value is -1.46. The average molecular weight is 323 g/mol. The lowest BCUT2D eigenvalue weighted by atomic mass is 10.2. The van der Waals surface area contributed by atoms with E-state index >= 15 is 0 Å². The van der Waals surface area contributed by atoms with E-state index in [9.17, 15) is 4.79 Å². The van der Waals surface area contributed by atoms with Crippen LogP contribution >= 0.6 is 9.24 Å². The van der Waals surface area contributed by atoms with Crippen LogP contribution in [0.4, 0.5) is 0 Å². The van der Waals surface area contributed by atoms with Crippen LogP contribution in [0.2, 0.25) is 0 Å². The first-order chi connectivity index (χ1) is 10.7. The molecule has 0 radical (unpaired) electrons. The maximum atomic E-state index is 11.9. The number of methoxy groups -OCH3 is 1. The number of carbonyl (C=O) groups is 1. The number of para-hydroxylation sites is 1. The topological polar surface area (TPSA) is 58.9 Å². The molecule has 0 saturated carbocycles. The van der Waals surface area contributed by atoms with Crippen LogP contribution in [-0.4, -0.2) is 43.3 Å². The molecule has 3 unspecified atom stereocenters. The number of hydrogen-bond acceptors (Lipinski definition) is 5. The number of fused-ring (bicyclic) bond motifs is 1. The predicted octanol–water partition coefficient (Wildman–Crippen LogP) is 2.15. The third-order valence-electron chi connectivity index (χ3n) is 3.53. The standard InChI is InChI=1S/C15H18NO5P/c1-18-14(17)12-6-16(13-5-3-2-4-11(12)13)15-20-8-10(21-15)7-19-9-22/h2-6,10,15H,7-9,22H2,1H3. The first-order valence-electron chi connectivity index (χ1n) is 6.97. The van der Waals surface area contributed by atoms with E-state index in [4.69, 9.17) is 18.9 Å². The van der Waals surface area contributed by atoms with Crippen LogP contribution in [-0.2, 0) is 18.9 Å². The maximum Gasteiger partial charge on any atom is 0.340 e. The summed E-state index contributed by atoms with van der Waals surface area (Å²) in [5.74, 6) is -0.379. The molecule has 0 spiro atoms. The SMILES string of the molecule is COC(=O)c1cn(C2OCC(COCP)O2)c2ccccc12. The number of esters is 1. The predicted molar refractivity (Wildman–Crippen MR) is 83.7 cm³/mol. The smallest absolute Gasteiger partial charge is 0.340 e. The highest BCUT2D eigenvalue weighted by molar-refractivity contribution is 7.16. The van der Waals surface area contributed by atoms with Crippen molar-refractivity contribution in [1.29, 1.82) is 0 Å². The highest BCUT2D eigenvalue weighted by Gasteiger charge is 2.29. The molecule has 0 amide bonds. The van der Waals surface area contributed by atoms with Crippen LogP contribution in [0, 0.1) is 0 Å². The average Bonchev–Trinajstić information content (AvgIpc) is 3.16. The van der Waals surface area contributed by atoms with Crippen LogP contribution in [0.15, 0.2) is 30.5 Å². The van der Waals surface area contributed by atoms with Gasteiger partial charge in [-0.05, 0) is 6.07 Å². The van der Waals surface area contributed by atoms with Gasteiger partial charge < -0.3 is 18.9 Å². The number of ether oxygens (including phenoxy) is 4. The van der Waals surface area contributed by atoms with Crippen LogP contribution in [0.5, 0.6) is 0 Å². The van der Waals surface area contributed by atoms with E-state index in [-0.39, 0.29) is 12.1 Å². The Labute approximate surface area is 130 Å². The Kier molecular flexibility index (Phi) is 4.74. The van der Waals surface area contributed by atoms with E-state index in [1.165, 1.54) is 7.11 Å². The van der Waals surface area contributed by atoms with Crippen molar-refractivity contribution in [3.63, 3.8) is 0 Å². The van der Waals surface area contributed by atoms with Gasteiger partial charge in [0.05, 0.1) is 37.8 Å². The molecular weight excluding hydrogens is 305 g/mol. The van der Waals surface area contributed by atoms with Gasteiger partial charge in [-0.1, -0.05) is 18.2 Å². The zero-order valence-electron chi connectivity index (χ0n) is 12.2. The van der Waals surface area contributed by atoms with Gasteiger partial charge in [-0.2, -0.15) is 0 Å². The van der Waals surface area contributed by atoms with Gasteiger partial charge in [0.15, 0.2) is 0 Å². The van der Waals surface area contributed by atoms with Gasteiger partial charge in [-0.15, -0.1) is 9.24 Å². The highest BCUT2D eigenvalue weighted by atomic mass is 31.0. The fraction of sp³-hybridized carbons (Fsp3) is 0.400. The molecule has 22 heavy (non-hydrogen) atoms. The second-order valence-electron chi connectivity index (χ2n) is 4.89. The molecule has 2 heterocycles. The summed E-state index contributed by atoms with van der Waals surface area (Å²) in [6.07, 6.45) is 1.58. The molecule has 3 atom stereocenters. The van der Waals surface area contributed by atoms with Gasteiger partial charge in [-0.25, -0.2) is 4.79 Å². The molecule has 3 rings (SSSR count). The fourth-order valence-electron chi connectivity index (χ4n) is 2.52. The Balaban J connectivity index is 1.90. The van der Waals surface area contributed by atoms with Crippen molar-refractivity contribution in [3.05, 3.63) is 36.0 Å². The zero-order chi connectivity index (χ0) is 15.5. The third-order valence-corrected chi connectivity index (χ3v) is 3.76. The maximum absolute atomic E-state index is 11.9. The highest BCUT2D eigenvalue weighted by Crippen LogP contribution is 2.30. The number of hydrogen-bond donors (Lipinski definition) is 0. The normalized spacial score (nSPS) is 21.4. The van der Waals surface area contributed by atoms with Crippen molar-refractivity contribution in [2.45, 2.75) is 12.5 Å². The van der Waals surface area contributed by atoms with Crippen molar-refractivity contribution in [2.75, 3.05) is 26.7 Å². The van der Waals surface area contributed by atoms with Gasteiger partial charge in [-0.3, -0.25) is 4.57 Å². The van der Waals surface area contributed by atoms with Crippen molar-refractivity contribution in [3.8, 4) is 0 Å². The Morgan fingerprint density at radius 3 is 3.05 bits per heavy atom. The number of rotatable bonds is 5. The van der Waals surface area contributed by atoms with Gasteiger partial charge in [0.2, 0.25) is 6.41 Å². The van der Waals surface area contributed by atoms with Gasteiger partial charge in [0, 0.05) is 11.6 Å². The largest absolute Gasteiger partial charge is 0.465 e. The molecule has 0 N–H and O–H groups in total. The number of aromatic nitrogens is 1. The number of carbonyl (C=O) groups excluding carboxylic acids is 1. The summed E-state index contributed by atoms with van der Waals surface area (Å²) < 4.78 is 23.5. The lowest BCUT2D eigenvalue weighted by Gasteiger charge is -2.14. The summed E-state index contributed by atoms with van der Waals surface area (Å²) in [4.78, 5) is 11.9. The minimum absolute atomic E-state index is 0.117. The van der Waals surface area contributed by atoms with E-state index in [1.54, 1.807) is 6.20 Å². The molecule has 1 fully saturated rings. The van der Waals surface area contributed by atoms with Crippen molar-refractivity contribution in [2.24, 2.45) is 0 Å². The van der Waals surface area contributed by atoms with Gasteiger partial charge in [0.25, 0.3) is 0 Å². The molecule has 0 bridgehead atoms. The summed E-state index contributed by atoms with van der Waals surface area (Å²) in [5, 5.41) is 0.811. The fourth-order valence-corrected chi connectivity index (χ4v) is 2.65. The molecule has 1 saturated heterocycles. The first-order valence-corrected chi connectivity index (χ1v) is 7.79. The van der Waals surface area contributed by atoms with Crippen LogP contribution in [0.3, 0.4) is 0 Å². The van der Waals surface area contributed by atoms with E-state index in [0.717, 1.165) is 10.9 Å². The molecule has 6 nitrogen and oxygen atoms in total. The second-order valence-corrected chi connectivity index (χ2v) is 5.23. The summed E-state index contributed by atoms with van der Waals surface area (Å²) in [6.45, 7) is 0.929. The number of benzene rings is 1. The Morgan fingerprint density at radius 1 is 1.45 bits per heavy atom. The summed E-state index contributed by atoms with van der Waals surface area (Å²) in [5.41, 5.74) is 1.36. The lowest BCUT2D eigenvalue weighted by Crippen LogP contribution is -2.18. The summed E-state index contributed by atoms with van der Waals surface area (Å²) in [6, 6.07) is 7.58. The third kappa shape index (κ3) is 2.88. The van der Waals surface area contributed by atoms with Crippen LogP contribution in [0.1, 0.15) is 16.8 Å². The number of nitrogens with zero attached hydrogens (tertiary/aromatic N) is 1. The molecule has 1 aliphatic rings. The zero-order valence-corrected chi connectivity index (χ0v) is 13.4. The van der Waals surface area contributed by atoms with Crippen LogP contribution < -0.4 is 0 Å². The minimum atomic E-state index is -0.568. The Morgan fingerprint density at radius 2 is 2.27 bits per heavy atom. The monoisotopic (exact) mass is 323 g/mol. The second kappa shape index (κ2) is 6.75. The Bertz CT molecular complexity index is 671. The molecule has 2 aromatic rings. The quantitative estimate of drug-likeness (QED) is 0.623. The molecule has 1 aliphatic heterocycles. The lowest BCUT2D eigenvalue weighted by molar-refractivity contribution is -0.118. The van der Waals surface area contributed by atoms with Crippen molar-refractivity contribution in [1.82, 2.24) is 4.57 Å². The molecular formula is C15H18NO5P. The first kappa shape index (κ1) is 15.4. The summed E-state index contributed by atoms with van der Waals surface area (Å²) >= 11 is 0. The molecule has 118 valence electrons. The van der Waals surface area contributed by atoms with E-state index in [0.29, 0.717) is 25.1 Å². The summed E-state index contributed by atoms with van der Waals surface area (Å²) in [7, 11) is 3.87. The van der Waals surface area contributed by atoms with E-state index in [2.05, 4.69) is 9.24 Å². The van der Waals surface area contributed by atoms with Gasteiger partial charge in [0.1, 0.15) is 6.10 Å². The van der Waals surface area contributed by atoms with E-state index in [1.807, 2.05) is 28.8 Å². The molecule has 1 aromatic carbocycles. The molecule has 7 heteroatoms. The molecule has 0 aliphatic carbocycles. The molecule has 1 aromatic heterocycles. The minimum Gasteiger partial charge on any atom is -0.465 e. The van der Waals surface area contributed by atoms with Crippen molar-refractivity contribution >= 4 is 26.1 Å². The van der Waals surface area contributed by atoms with E-state index < -0.39 is 6.41 Å². The van der Waals surface area contributed by atoms with Crippen molar-refractivity contribution < 1.29 is 23.7 Å². The van der Waals surface area contributed by atoms with Crippen LogP contribution in [0.25, 0.3) is 10.9 Å².